The van der Waals surface area contributed by atoms with Crippen LogP contribution in [0.25, 0.3) is 0 Å². The summed E-state index contributed by atoms with van der Waals surface area (Å²) in [6.45, 7) is 6.28. The van der Waals surface area contributed by atoms with Crippen LogP contribution < -0.4 is 5.32 Å². The lowest BCUT2D eigenvalue weighted by atomic mass is 10.00. The van der Waals surface area contributed by atoms with Gasteiger partial charge in [-0.1, -0.05) is 29.8 Å². The summed E-state index contributed by atoms with van der Waals surface area (Å²) >= 11 is 6.30. The minimum absolute atomic E-state index is 0.357. The fourth-order valence-electron chi connectivity index (χ4n) is 4.08. The highest BCUT2D eigenvalue weighted by molar-refractivity contribution is 6.31. The number of hydrogen-bond donors (Lipinski definition) is 1. The van der Waals surface area contributed by atoms with Gasteiger partial charge in [-0.25, -0.2) is 0 Å². The van der Waals surface area contributed by atoms with E-state index in [0.29, 0.717) is 12.1 Å². The summed E-state index contributed by atoms with van der Waals surface area (Å²) in [7, 11) is 0. The first-order valence-electron chi connectivity index (χ1n) is 9.32. The molecule has 0 saturated carbocycles. The molecule has 134 valence electrons. The number of nitrogens with one attached hydrogen (secondary N) is 1. The molecule has 1 saturated heterocycles. The Hall–Kier alpha value is -1.43. The number of likely N-dealkylation sites (tertiary alicyclic amines) is 1. The van der Waals surface area contributed by atoms with E-state index in [1.54, 1.807) is 0 Å². The van der Waals surface area contributed by atoms with E-state index in [0.717, 1.165) is 49.3 Å². The van der Waals surface area contributed by atoms with Crippen molar-refractivity contribution in [3.8, 4) is 0 Å². The summed E-state index contributed by atoms with van der Waals surface area (Å²) in [5, 5.41) is 13.4. The molecule has 0 aliphatic carbocycles. The third kappa shape index (κ3) is 3.73. The molecule has 6 heteroatoms. The van der Waals surface area contributed by atoms with Crippen molar-refractivity contribution in [3.63, 3.8) is 0 Å². The van der Waals surface area contributed by atoms with Gasteiger partial charge in [-0.05, 0) is 57.3 Å². The van der Waals surface area contributed by atoms with Gasteiger partial charge < -0.3 is 9.88 Å². The van der Waals surface area contributed by atoms with E-state index in [-0.39, 0.29) is 0 Å². The van der Waals surface area contributed by atoms with Crippen LogP contribution >= 0.6 is 11.6 Å². The monoisotopic (exact) mass is 359 g/mol. The number of aromatic nitrogens is 3. The summed E-state index contributed by atoms with van der Waals surface area (Å²) in [6.07, 6.45) is 4.72. The molecule has 1 unspecified atom stereocenters. The third-order valence-electron chi connectivity index (χ3n) is 5.53. The first-order valence-corrected chi connectivity index (χ1v) is 9.70. The molecule has 0 spiro atoms. The van der Waals surface area contributed by atoms with Crippen molar-refractivity contribution in [2.45, 2.75) is 57.8 Å². The van der Waals surface area contributed by atoms with Crippen LogP contribution in [0.2, 0.25) is 5.02 Å². The zero-order valence-corrected chi connectivity index (χ0v) is 15.5. The Morgan fingerprint density at radius 1 is 1.12 bits per heavy atom. The van der Waals surface area contributed by atoms with Crippen molar-refractivity contribution in [2.24, 2.45) is 0 Å². The van der Waals surface area contributed by atoms with Gasteiger partial charge in [0.1, 0.15) is 11.6 Å². The molecular weight excluding hydrogens is 334 g/mol. The van der Waals surface area contributed by atoms with Crippen molar-refractivity contribution in [2.75, 3.05) is 13.1 Å². The number of aryl methyl sites for hydroxylation is 1. The number of nitrogens with zero attached hydrogens (tertiary/aromatic N) is 4. The summed E-state index contributed by atoms with van der Waals surface area (Å²) in [4.78, 5) is 2.51. The summed E-state index contributed by atoms with van der Waals surface area (Å²) in [5.74, 6) is 2.17. The Balaban J connectivity index is 1.32. The number of benzene rings is 1. The summed E-state index contributed by atoms with van der Waals surface area (Å²) in [6, 6.07) is 9.09. The van der Waals surface area contributed by atoms with Crippen LogP contribution in [0.3, 0.4) is 0 Å². The third-order valence-corrected chi connectivity index (χ3v) is 5.90. The normalized spacial score (nSPS) is 22.1. The zero-order chi connectivity index (χ0) is 17.2. The molecule has 0 amide bonds. The molecule has 1 aromatic heterocycles. The van der Waals surface area contributed by atoms with Gasteiger partial charge in [-0.2, -0.15) is 0 Å². The predicted molar refractivity (Wildman–Crippen MR) is 99.6 cm³/mol. The summed E-state index contributed by atoms with van der Waals surface area (Å²) in [5.41, 5.74) is 1.23. The predicted octanol–water partition coefficient (Wildman–Crippen LogP) is 3.33. The number of fused-ring (bicyclic) bond motifs is 1. The minimum Gasteiger partial charge on any atom is -0.314 e. The molecule has 4 rings (SSSR count). The van der Waals surface area contributed by atoms with Crippen LogP contribution in [0.15, 0.2) is 24.3 Å². The Kier molecular flexibility index (Phi) is 5.06. The van der Waals surface area contributed by atoms with Gasteiger partial charge in [0.2, 0.25) is 0 Å². The first kappa shape index (κ1) is 17.0. The second-order valence-corrected chi connectivity index (χ2v) is 7.67. The largest absolute Gasteiger partial charge is 0.314 e. The SMILES string of the molecule is Cc1nnc2n1CCCC2NC1CCN(Cc2ccccc2Cl)CC1. The quantitative estimate of drug-likeness (QED) is 0.909. The maximum Gasteiger partial charge on any atom is 0.150 e. The Morgan fingerprint density at radius 2 is 1.92 bits per heavy atom. The van der Waals surface area contributed by atoms with Gasteiger partial charge in [0.05, 0.1) is 6.04 Å². The second kappa shape index (κ2) is 7.44. The number of halogens is 1. The lowest BCUT2D eigenvalue weighted by molar-refractivity contribution is 0.178. The molecule has 5 nitrogen and oxygen atoms in total. The lowest BCUT2D eigenvalue weighted by Crippen LogP contribution is -2.44. The van der Waals surface area contributed by atoms with Gasteiger partial charge >= 0.3 is 0 Å². The number of hydrogen-bond acceptors (Lipinski definition) is 4. The van der Waals surface area contributed by atoms with Crippen LogP contribution in [0, 0.1) is 6.92 Å². The van der Waals surface area contributed by atoms with E-state index in [1.807, 2.05) is 19.1 Å². The molecule has 2 aliphatic rings. The minimum atomic E-state index is 0.357. The molecule has 1 fully saturated rings. The summed E-state index contributed by atoms with van der Waals surface area (Å²) < 4.78 is 2.27. The highest BCUT2D eigenvalue weighted by Gasteiger charge is 2.28. The smallest absolute Gasteiger partial charge is 0.150 e. The Bertz CT molecular complexity index is 720. The van der Waals surface area contributed by atoms with E-state index in [4.69, 9.17) is 11.6 Å². The maximum absolute atomic E-state index is 6.30. The fourth-order valence-corrected chi connectivity index (χ4v) is 4.28. The average molecular weight is 360 g/mol. The zero-order valence-electron chi connectivity index (χ0n) is 14.8. The van der Waals surface area contributed by atoms with Crippen LogP contribution in [-0.2, 0) is 13.1 Å². The Morgan fingerprint density at radius 3 is 2.72 bits per heavy atom. The van der Waals surface area contributed by atoms with Crippen LogP contribution in [0.1, 0.15) is 48.9 Å². The maximum atomic E-state index is 6.30. The fraction of sp³-hybridized carbons (Fsp3) is 0.579. The molecule has 25 heavy (non-hydrogen) atoms. The van der Waals surface area contributed by atoms with Gasteiger partial charge in [0, 0.05) is 24.2 Å². The standard InChI is InChI=1S/C19H26ClN5/c1-14-22-23-19-18(7-4-10-25(14)19)21-16-8-11-24(12-9-16)13-15-5-2-3-6-17(15)20/h2-3,5-6,16,18,21H,4,7-13H2,1H3. The molecule has 0 bridgehead atoms. The molecule has 1 atom stereocenters. The highest BCUT2D eigenvalue weighted by Crippen LogP contribution is 2.26. The molecule has 2 aromatic rings. The van der Waals surface area contributed by atoms with Gasteiger partial charge in [0.25, 0.3) is 0 Å². The van der Waals surface area contributed by atoms with Gasteiger partial charge in [-0.15, -0.1) is 10.2 Å². The number of rotatable bonds is 4. The van der Waals surface area contributed by atoms with E-state index in [2.05, 4.69) is 37.1 Å². The highest BCUT2D eigenvalue weighted by atomic mass is 35.5. The average Bonchev–Trinajstić information content (AvgIpc) is 3.01. The first-order chi connectivity index (χ1) is 12.2. The molecule has 2 aliphatic heterocycles. The molecule has 1 N–H and O–H groups in total. The molecule has 3 heterocycles. The van der Waals surface area contributed by atoms with Crippen molar-refractivity contribution < 1.29 is 0 Å². The van der Waals surface area contributed by atoms with Crippen molar-refractivity contribution >= 4 is 11.6 Å². The second-order valence-electron chi connectivity index (χ2n) is 7.26. The van der Waals surface area contributed by atoms with Crippen molar-refractivity contribution in [3.05, 3.63) is 46.5 Å². The molecular formula is C19H26ClN5. The van der Waals surface area contributed by atoms with Gasteiger partial charge in [0.15, 0.2) is 0 Å². The lowest BCUT2D eigenvalue weighted by Gasteiger charge is -2.35. The molecule has 0 radical (unpaired) electrons. The topological polar surface area (TPSA) is 46.0 Å². The van der Waals surface area contributed by atoms with Crippen LogP contribution in [0.5, 0.6) is 0 Å². The Labute approximate surface area is 154 Å². The number of piperidine rings is 1. The van der Waals surface area contributed by atoms with E-state index in [9.17, 15) is 0 Å². The van der Waals surface area contributed by atoms with E-state index in [1.165, 1.54) is 24.8 Å². The van der Waals surface area contributed by atoms with Crippen LogP contribution in [-0.4, -0.2) is 38.8 Å². The van der Waals surface area contributed by atoms with Gasteiger partial charge in [-0.3, -0.25) is 4.90 Å². The van der Waals surface area contributed by atoms with E-state index >= 15 is 0 Å². The van der Waals surface area contributed by atoms with Crippen LogP contribution in [0.4, 0.5) is 0 Å². The molecule has 1 aromatic carbocycles. The van der Waals surface area contributed by atoms with Crippen molar-refractivity contribution in [1.29, 1.82) is 0 Å². The van der Waals surface area contributed by atoms with Crippen molar-refractivity contribution in [1.82, 2.24) is 25.0 Å². The van der Waals surface area contributed by atoms with E-state index < -0.39 is 0 Å².